The molecule has 2 nitrogen and oxygen atoms in total. The Morgan fingerprint density at radius 3 is 2.40 bits per heavy atom. The molecule has 0 aromatic heterocycles. The monoisotopic (exact) mass is 312 g/mol. The number of nitrogens with zero attached hydrogens (tertiary/aromatic N) is 1. The molecule has 1 heterocycles. The molecule has 2 rings (SSSR count). The van der Waals surface area contributed by atoms with Gasteiger partial charge in [0.1, 0.15) is 0 Å². The van der Waals surface area contributed by atoms with Crippen LogP contribution in [0.4, 0.5) is 0 Å². The molecule has 0 bridgehead atoms. The molecule has 2 atom stereocenters. The highest BCUT2D eigenvalue weighted by molar-refractivity contribution is 8.17. The van der Waals surface area contributed by atoms with E-state index >= 15 is 0 Å². The molecule has 1 aliphatic heterocycles. The van der Waals surface area contributed by atoms with E-state index in [1.54, 1.807) is 0 Å². The van der Waals surface area contributed by atoms with E-state index in [-0.39, 0.29) is 5.92 Å². The van der Waals surface area contributed by atoms with Crippen LogP contribution in [0.2, 0.25) is 0 Å². The van der Waals surface area contributed by atoms with Crippen molar-refractivity contribution in [2.75, 3.05) is 11.5 Å². The van der Waals surface area contributed by atoms with Gasteiger partial charge in [-0.1, -0.05) is 32.1 Å². The smallest absolute Gasteiger partial charge is 0.0676 e. The maximum absolute atomic E-state index is 9.40. The van der Waals surface area contributed by atoms with E-state index in [0.29, 0.717) is 10.6 Å². The first-order chi connectivity index (χ1) is 9.79. The van der Waals surface area contributed by atoms with E-state index in [9.17, 15) is 5.26 Å². The van der Waals surface area contributed by atoms with Crippen LogP contribution in [0.3, 0.4) is 0 Å². The molecule has 0 amide bonds. The second kappa shape index (κ2) is 9.23. The highest BCUT2D eigenvalue weighted by Crippen LogP contribution is 2.38. The van der Waals surface area contributed by atoms with Gasteiger partial charge in [-0.25, -0.2) is 0 Å². The molecule has 1 saturated heterocycles. The van der Waals surface area contributed by atoms with E-state index < -0.39 is 0 Å². The van der Waals surface area contributed by atoms with Gasteiger partial charge < -0.3 is 5.73 Å². The molecule has 0 aromatic carbocycles. The van der Waals surface area contributed by atoms with Crippen molar-refractivity contribution in [1.29, 1.82) is 5.26 Å². The fourth-order valence-electron chi connectivity index (χ4n) is 3.36. The van der Waals surface area contributed by atoms with Gasteiger partial charge >= 0.3 is 0 Å². The normalized spacial score (nSPS) is 25.0. The Morgan fingerprint density at radius 2 is 1.75 bits per heavy atom. The number of hydrogen-bond donors (Lipinski definition) is 1. The maximum Gasteiger partial charge on any atom is 0.0676 e. The van der Waals surface area contributed by atoms with Gasteiger partial charge in [0.25, 0.3) is 0 Å². The van der Waals surface area contributed by atoms with Crippen molar-refractivity contribution in [2.24, 2.45) is 17.6 Å². The molecule has 2 aliphatic rings. The van der Waals surface area contributed by atoms with Crippen LogP contribution < -0.4 is 5.73 Å². The van der Waals surface area contributed by atoms with Crippen LogP contribution in [0.1, 0.15) is 57.8 Å². The van der Waals surface area contributed by atoms with Crippen LogP contribution in [-0.4, -0.2) is 22.1 Å². The van der Waals surface area contributed by atoms with Crippen molar-refractivity contribution in [2.45, 2.75) is 68.4 Å². The lowest BCUT2D eigenvalue weighted by molar-refractivity contribution is 0.308. The van der Waals surface area contributed by atoms with Gasteiger partial charge in [0.05, 0.1) is 16.6 Å². The second-order valence-electron chi connectivity index (χ2n) is 6.28. The van der Waals surface area contributed by atoms with Crippen molar-refractivity contribution < 1.29 is 0 Å². The Bertz CT molecular complexity index is 304. The van der Waals surface area contributed by atoms with E-state index in [1.165, 1.54) is 56.5 Å². The Labute approximate surface area is 132 Å². The molecule has 2 unspecified atom stereocenters. The van der Waals surface area contributed by atoms with Gasteiger partial charge in [0.15, 0.2) is 0 Å². The third-order valence-corrected chi connectivity index (χ3v) is 7.74. The Morgan fingerprint density at radius 1 is 1.05 bits per heavy atom. The molecule has 1 aliphatic carbocycles. The van der Waals surface area contributed by atoms with Crippen molar-refractivity contribution in [3.8, 4) is 6.07 Å². The van der Waals surface area contributed by atoms with E-state index in [2.05, 4.69) is 6.07 Å². The van der Waals surface area contributed by atoms with Gasteiger partial charge in [-0.3, -0.25) is 0 Å². The van der Waals surface area contributed by atoms with Crippen molar-refractivity contribution in [3.63, 3.8) is 0 Å². The summed E-state index contributed by atoms with van der Waals surface area (Å²) in [6.07, 6.45) is 11.5. The second-order valence-corrected chi connectivity index (χ2v) is 9.07. The summed E-state index contributed by atoms with van der Waals surface area (Å²) >= 11 is 3.97. The molecular formula is C16H28N2S2. The zero-order valence-electron chi connectivity index (χ0n) is 12.4. The lowest BCUT2D eigenvalue weighted by Crippen LogP contribution is -2.27. The minimum atomic E-state index is 0.197. The van der Waals surface area contributed by atoms with Gasteiger partial charge in [-0.2, -0.15) is 5.26 Å². The SMILES string of the molecule is N#CC(CCC(N)CC1CCCCC1)C1SCCCS1. The van der Waals surface area contributed by atoms with Crippen LogP contribution >= 0.6 is 23.5 Å². The van der Waals surface area contributed by atoms with Gasteiger partial charge in [-0.05, 0) is 43.1 Å². The number of nitriles is 1. The van der Waals surface area contributed by atoms with Crippen LogP contribution in [0.25, 0.3) is 0 Å². The lowest BCUT2D eigenvalue weighted by atomic mass is 9.84. The van der Waals surface area contributed by atoms with Crippen molar-refractivity contribution in [1.82, 2.24) is 0 Å². The largest absolute Gasteiger partial charge is 0.328 e. The quantitative estimate of drug-likeness (QED) is 0.789. The summed E-state index contributed by atoms with van der Waals surface area (Å²) in [4.78, 5) is 0. The zero-order valence-corrected chi connectivity index (χ0v) is 14.1. The van der Waals surface area contributed by atoms with Gasteiger partial charge in [-0.15, -0.1) is 23.5 Å². The Hall–Kier alpha value is 0.150. The molecule has 0 spiro atoms. The van der Waals surface area contributed by atoms with Crippen LogP contribution in [0, 0.1) is 23.2 Å². The molecule has 4 heteroatoms. The molecule has 0 aromatic rings. The molecule has 0 radical (unpaired) electrons. The first-order valence-corrected chi connectivity index (χ1v) is 10.3. The Balaban J connectivity index is 1.67. The summed E-state index contributed by atoms with van der Waals surface area (Å²) in [6, 6.07) is 2.85. The summed E-state index contributed by atoms with van der Waals surface area (Å²) in [7, 11) is 0. The van der Waals surface area contributed by atoms with Crippen molar-refractivity contribution in [3.05, 3.63) is 0 Å². The minimum absolute atomic E-state index is 0.197. The predicted molar refractivity (Wildman–Crippen MR) is 90.8 cm³/mol. The number of hydrogen-bond acceptors (Lipinski definition) is 4. The van der Waals surface area contributed by atoms with E-state index in [1.807, 2.05) is 23.5 Å². The molecule has 114 valence electrons. The molecular weight excluding hydrogens is 284 g/mol. The van der Waals surface area contributed by atoms with E-state index in [0.717, 1.165) is 18.8 Å². The van der Waals surface area contributed by atoms with Crippen LogP contribution in [0.5, 0.6) is 0 Å². The summed E-state index contributed by atoms with van der Waals surface area (Å²) in [6.45, 7) is 0. The van der Waals surface area contributed by atoms with Crippen LogP contribution in [0.15, 0.2) is 0 Å². The first-order valence-electron chi connectivity index (χ1n) is 8.18. The zero-order chi connectivity index (χ0) is 14.2. The molecule has 1 saturated carbocycles. The fourth-order valence-corrected chi connectivity index (χ4v) is 6.45. The summed E-state index contributed by atoms with van der Waals surface area (Å²) in [5, 5.41) is 9.40. The standard InChI is InChI=1S/C16H28N2S2/c17-12-14(16-19-9-4-10-20-16)7-8-15(18)11-13-5-2-1-3-6-13/h13-16H,1-11,18H2. The highest BCUT2D eigenvalue weighted by atomic mass is 32.2. The number of thioether (sulfide) groups is 2. The van der Waals surface area contributed by atoms with Gasteiger partial charge in [0.2, 0.25) is 0 Å². The third kappa shape index (κ3) is 5.50. The van der Waals surface area contributed by atoms with Crippen LogP contribution in [-0.2, 0) is 0 Å². The first kappa shape index (κ1) is 16.5. The molecule has 2 N–H and O–H groups in total. The minimum Gasteiger partial charge on any atom is -0.328 e. The molecule has 2 fully saturated rings. The Kier molecular flexibility index (Phi) is 7.62. The lowest BCUT2D eigenvalue weighted by Gasteiger charge is -2.27. The summed E-state index contributed by atoms with van der Waals surface area (Å²) in [5.74, 6) is 3.51. The third-order valence-electron chi connectivity index (χ3n) is 4.56. The fraction of sp³-hybridized carbons (Fsp3) is 0.938. The predicted octanol–water partition coefficient (Wildman–Crippen LogP) is 4.40. The van der Waals surface area contributed by atoms with Crippen molar-refractivity contribution >= 4 is 23.5 Å². The summed E-state index contributed by atoms with van der Waals surface area (Å²) in [5.41, 5.74) is 6.31. The maximum atomic E-state index is 9.40. The average Bonchev–Trinajstić information content (AvgIpc) is 2.50. The average molecular weight is 313 g/mol. The topological polar surface area (TPSA) is 49.8 Å². The number of rotatable bonds is 6. The van der Waals surface area contributed by atoms with E-state index in [4.69, 9.17) is 5.73 Å². The highest BCUT2D eigenvalue weighted by Gasteiger charge is 2.25. The number of nitrogens with two attached hydrogens (primary N) is 1. The van der Waals surface area contributed by atoms with Gasteiger partial charge in [0, 0.05) is 6.04 Å². The summed E-state index contributed by atoms with van der Waals surface area (Å²) < 4.78 is 0.496. The molecule has 20 heavy (non-hydrogen) atoms.